The monoisotopic (exact) mass is 551 g/mol. The van der Waals surface area contributed by atoms with E-state index < -0.39 is 0 Å². The number of hydrogen-bond acceptors (Lipinski definition) is 8. The molecule has 0 atom stereocenters. The number of aromatic nitrogens is 2. The zero-order chi connectivity index (χ0) is 27.9. The normalized spacial score (nSPS) is 13.2. The second-order valence-electron chi connectivity index (χ2n) is 9.11. The van der Waals surface area contributed by atoms with E-state index >= 15 is 0 Å². The van der Waals surface area contributed by atoms with Crippen molar-refractivity contribution in [3.05, 3.63) is 102 Å². The summed E-state index contributed by atoms with van der Waals surface area (Å²) in [6.07, 6.45) is 4.35. The molecule has 1 N–H and O–H groups in total. The van der Waals surface area contributed by atoms with Crippen LogP contribution in [0.3, 0.4) is 0 Å². The van der Waals surface area contributed by atoms with E-state index in [9.17, 15) is 9.59 Å². The lowest BCUT2D eigenvalue weighted by Gasteiger charge is -2.32. The highest BCUT2D eigenvalue weighted by atomic mass is 32.1. The first-order chi connectivity index (χ1) is 19.5. The van der Waals surface area contributed by atoms with Gasteiger partial charge in [0.05, 0.1) is 29.1 Å². The predicted octanol–water partition coefficient (Wildman–Crippen LogP) is 5.37. The summed E-state index contributed by atoms with van der Waals surface area (Å²) >= 11 is 4.29. The summed E-state index contributed by atoms with van der Waals surface area (Å²) in [6, 6.07) is 22.7. The van der Waals surface area contributed by atoms with Crippen LogP contribution >= 0.6 is 12.6 Å². The summed E-state index contributed by atoms with van der Waals surface area (Å²) in [5.41, 5.74) is 1.61. The average Bonchev–Trinajstić information content (AvgIpc) is 3.00. The molecule has 5 rings (SSSR count). The topological polar surface area (TPSA) is 117 Å². The van der Waals surface area contributed by atoms with E-state index in [1.54, 1.807) is 53.4 Å². The lowest BCUT2D eigenvalue weighted by atomic mass is 10.1. The van der Waals surface area contributed by atoms with E-state index in [0.29, 0.717) is 41.5 Å². The van der Waals surface area contributed by atoms with Crippen molar-refractivity contribution in [2.75, 3.05) is 18.4 Å². The molecule has 1 aliphatic heterocycles. The fraction of sp³-hybridized carbons (Fsp3) is 0.167. The van der Waals surface area contributed by atoms with Crippen LogP contribution in [0.1, 0.15) is 39.3 Å². The second-order valence-corrected chi connectivity index (χ2v) is 9.63. The van der Waals surface area contributed by atoms with Gasteiger partial charge in [-0.2, -0.15) is 5.26 Å². The van der Waals surface area contributed by atoms with E-state index in [1.165, 1.54) is 12.4 Å². The number of amides is 2. The van der Waals surface area contributed by atoms with Crippen LogP contribution < -0.4 is 14.8 Å². The van der Waals surface area contributed by atoms with Crippen LogP contribution in [0.25, 0.3) is 0 Å². The Morgan fingerprint density at radius 3 is 2.25 bits per heavy atom. The summed E-state index contributed by atoms with van der Waals surface area (Å²) in [6.45, 7) is 1.13. The number of ether oxygens (including phenoxy) is 2. The second kappa shape index (κ2) is 12.3. The van der Waals surface area contributed by atoms with E-state index in [0.717, 1.165) is 23.5 Å². The molecule has 0 bridgehead atoms. The van der Waals surface area contributed by atoms with Gasteiger partial charge in [-0.15, -0.1) is 12.6 Å². The van der Waals surface area contributed by atoms with Crippen LogP contribution in [0.5, 0.6) is 17.4 Å². The molecule has 2 amide bonds. The van der Waals surface area contributed by atoms with Crippen molar-refractivity contribution in [2.24, 2.45) is 0 Å². The van der Waals surface area contributed by atoms with Crippen molar-refractivity contribution in [3.63, 3.8) is 0 Å². The van der Waals surface area contributed by atoms with Crippen LogP contribution in [0.2, 0.25) is 0 Å². The number of likely N-dealkylation sites (tertiary alicyclic amines) is 1. The Morgan fingerprint density at radius 2 is 1.62 bits per heavy atom. The van der Waals surface area contributed by atoms with Gasteiger partial charge in [0.2, 0.25) is 5.88 Å². The molecule has 1 aliphatic rings. The lowest BCUT2D eigenvalue weighted by Crippen LogP contribution is -2.42. The molecule has 0 saturated carbocycles. The summed E-state index contributed by atoms with van der Waals surface area (Å²) in [5, 5.41) is 11.6. The third-order valence-electron chi connectivity index (χ3n) is 6.31. The Hall–Kier alpha value is -4.88. The predicted molar refractivity (Wildman–Crippen MR) is 151 cm³/mol. The van der Waals surface area contributed by atoms with Crippen LogP contribution in [0.4, 0.5) is 5.69 Å². The van der Waals surface area contributed by atoms with Gasteiger partial charge in [0.15, 0.2) is 0 Å². The fourth-order valence-electron chi connectivity index (χ4n) is 4.15. The molecule has 2 aromatic heterocycles. The highest BCUT2D eigenvalue weighted by molar-refractivity contribution is 7.80. The number of thiol groups is 1. The minimum Gasteiger partial charge on any atom is -0.490 e. The average molecular weight is 552 g/mol. The van der Waals surface area contributed by atoms with Gasteiger partial charge in [-0.25, -0.2) is 4.98 Å². The number of nitrogens with zero attached hydrogens (tertiary/aromatic N) is 4. The van der Waals surface area contributed by atoms with Crippen LogP contribution in [-0.2, 0) is 0 Å². The standard InChI is InChI=1S/C30H25N5O4S/c31-17-20-1-5-24(6-2-20)39-28-12-4-22(19-33-28)34-29(36)21-3-11-27(32-18-21)30(37)35-15-13-25(14-16-35)38-23-7-9-26(40)10-8-23/h1-12,18-19,25,40H,13-16H2,(H,34,36). The molecule has 0 aliphatic carbocycles. The van der Waals surface area contributed by atoms with Crippen molar-refractivity contribution in [2.45, 2.75) is 23.8 Å². The molecule has 0 radical (unpaired) electrons. The van der Waals surface area contributed by atoms with Crippen molar-refractivity contribution < 1.29 is 19.1 Å². The zero-order valence-electron chi connectivity index (χ0n) is 21.4. The summed E-state index contributed by atoms with van der Waals surface area (Å²) in [4.78, 5) is 36.7. The number of nitriles is 1. The molecule has 4 aromatic rings. The number of rotatable bonds is 7. The highest BCUT2D eigenvalue weighted by Gasteiger charge is 2.25. The van der Waals surface area contributed by atoms with E-state index in [-0.39, 0.29) is 23.6 Å². The number of pyridine rings is 2. The van der Waals surface area contributed by atoms with Gasteiger partial charge in [-0.1, -0.05) is 0 Å². The molecule has 0 unspecified atom stereocenters. The SMILES string of the molecule is N#Cc1ccc(Oc2ccc(NC(=O)c3ccc(C(=O)N4CCC(Oc5ccc(S)cc5)CC4)nc3)cn2)cc1. The molecule has 1 saturated heterocycles. The lowest BCUT2D eigenvalue weighted by molar-refractivity contribution is 0.0589. The van der Waals surface area contributed by atoms with Crippen molar-refractivity contribution >= 4 is 30.1 Å². The maximum atomic E-state index is 12.9. The first-order valence-electron chi connectivity index (χ1n) is 12.6. The largest absolute Gasteiger partial charge is 0.490 e. The molecule has 40 heavy (non-hydrogen) atoms. The molecule has 10 heteroatoms. The fourth-order valence-corrected chi connectivity index (χ4v) is 4.30. The van der Waals surface area contributed by atoms with Gasteiger partial charge in [-0.3, -0.25) is 14.6 Å². The minimum absolute atomic E-state index is 0.0416. The van der Waals surface area contributed by atoms with Crippen LogP contribution in [0.15, 0.2) is 90.1 Å². The Kier molecular flexibility index (Phi) is 8.23. The number of hydrogen-bond donors (Lipinski definition) is 2. The number of benzene rings is 2. The summed E-state index contributed by atoms with van der Waals surface area (Å²) < 4.78 is 11.7. The van der Waals surface area contributed by atoms with E-state index in [2.05, 4.69) is 27.9 Å². The first-order valence-corrected chi connectivity index (χ1v) is 13.1. The van der Waals surface area contributed by atoms with Crippen LogP contribution in [-0.4, -0.2) is 45.9 Å². The maximum absolute atomic E-state index is 12.9. The van der Waals surface area contributed by atoms with Crippen molar-refractivity contribution in [1.82, 2.24) is 14.9 Å². The Labute approximate surface area is 236 Å². The smallest absolute Gasteiger partial charge is 0.272 e. The summed E-state index contributed by atoms with van der Waals surface area (Å²) in [5.74, 6) is 1.13. The molecule has 3 heterocycles. The maximum Gasteiger partial charge on any atom is 0.272 e. The number of anilines is 1. The number of carbonyl (C=O) groups is 2. The van der Waals surface area contributed by atoms with E-state index in [4.69, 9.17) is 14.7 Å². The van der Waals surface area contributed by atoms with Gasteiger partial charge in [0.25, 0.3) is 11.8 Å². The third-order valence-corrected chi connectivity index (χ3v) is 6.61. The quantitative estimate of drug-likeness (QED) is 0.297. The Morgan fingerprint density at radius 1 is 0.900 bits per heavy atom. The molecule has 2 aromatic carbocycles. The number of piperidine rings is 1. The molecule has 0 spiro atoms. The van der Waals surface area contributed by atoms with Gasteiger partial charge >= 0.3 is 0 Å². The third kappa shape index (κ3) is 6.76. The first kappa shape index (κ1) is 26.7. The van der Waals surface area contributed by atoms with Gasteiger partial charge in [-0.05, 0) is 66.7 Å². The number of carbonyl (C=O) groups excluding carboxylic acids is 2. The Bertz CT molecular complexity index is 1510. The number of nitrogens with one attached hydrogen (secondary N) is 1. The van der Waals surface area contributed by atoms with Crippen LogP contribution in [0, 0.1) is 11.3 Å². The summed E-state index contributed by atoms with van der Waals surface area (Å²) in [7, 11) is 0. The molecule has 9 nitrogen and oxygen atoms in total. The molecular formula is C30H25N5O4S. The molecule has 200 valence electrons. The minimum atomic E-state index is -0.377. The Balaban J connectivity index is 1.11. The zero-order valence-corrected chi connectivity index (χ0v) is 22.3. The van der Waals surface area contributed by atoms with Gasteiger partial charge in [0, 0.05) is 43.1 Å². The van der Waals surface area contributed by atoms with Gasteiger partial charge < -0.3 is 19.7 Å². The molecular weight excluding hydrogens is 526 g/mol. The van der Waals surface area contributed by atoms with Crippen molar-refractivity contribution in [1.29, 1.82) is 5.26 Å². The highest BCUT2D eigenvalue weighted by Crippen LogP contribution is 2.23. The van der Waals surface area contributed by atoms with Gasteiger partial charge in [0.1, 0.15) is 23.3 Å². The van der Waals surface area contributed by atoms with E-state index in [1.807, 2.05) is 30.3 Å². The van der Waals surface area contributed by atoms with Crippen molar-refractivity contribution in [3.8, 4) is 23.4 Å². The molecule has 1 fully saturated rings.